The highest BCUT2D eigenvalue weighted by molar-refractivity contribution is 6.31. The van der Waals surface area contributed by atoms with E-state index in [0.717, 1.165) is 5.56 Å². The van der Waals surface area contributed by atoms with Crippen molar-refractivity contribution in [2.75, 3.05) is 13.7 Å². The molecule has 0 aliphatic rings. The summed E-state index contributed by atoms with van der Waals surface area (Å²) in [6.45, 7) is 2.84. The molecule has 0 heterocycles. The Labute approximate surface area is 158 Å². The Morgan fingerprint density at radius 1 is 1.24 bits per heavy atom. The first-order valence-corrected chi connectivity index (χ1v) is 8.00. The lowest BCUT2D eigenvalue weighted by Crippen LogP contribution is -2.23. The van der Waals surface area contributed by atoms with Crippen LogP contribution in [0.1, 0.15) is 18.1 Å². The van der Waals surface area contributed by atoms with Gasteiger partial charge in [-0.2, -0.15) is 0 Å². The molecule has 0 aromatic heterocycles. The van der Waals surface area contributed by atoms with Crippen LogP contribution in [0.4, 0.5) is 4.39 Å². The van der Waals surface area contributed by atoms with Crippen LogP contribution in [0.3, 0.4) is 0 Å². The van der Waals surface area contributed by atoms with Crippen molar-refractivity contribution in [1.29, 1.82) is 0 Å². The first-order chi connectivity index (χ1) is 11.5. The molecule has 2 aromatic rings. The Bertz CT molecular complexity index is 663. The van der Waals surface area contributed by atoms with E-state index in [1.807, 2.05) is 12.1 Å². The first kappa shape index (κ1) is 21.5. The van der Waals surface area contributed by atoms with Crippen molar-refractivity contribution in [2.24, 2.45) is 0 Å². The topological polar surface area (TPSA) is 50.7 Å². The molecule has 0 radical (unpaired) electrons. The third kappa shape index (κ3) is 6.36. The summed E-state index contributed by atoms with van der Waals surface area (Å²) in [6, 6.07) is 10.0. The monoisotopic (exact) mass is 389 g/mol. The number of benzene rings is 2. The number of ether oxygens (including phenoxy) is 2. The fourth-order valence-corrected chi connectivity index (χ4v) is 2.40. The number of methoxy groups -OCH3 is 1. The van der Waals surface area contributed by atoms with Gasteiger partial charge in [-0.25, -0.2) is 4.39 Å². The van der Waals surface area contributed by atoms with Gasteiger partial charge < -0.3 is 19.9 Å². The Morgan fingerprint density at radius 2 is 2.00 bits per heavy atom. The van der Waals surface area contributed by atoms with Crippen molar-refractivity contribution in [1.82, 2.24) is 5.32 Å². The molecule has 2 aromatic carbocycles. The first-order valence-electron chi connectivity index (χ1n) is 7.62. The molecule has 0 aliphatic carbocycles. The largest absolute Gasteiger partial charge is 0.493 e. The zero-order valence-electron chi connectivity index (χ0n) is 14.1. The van der Waals surface area contributed by atoms with Crippen LogP contribution in [-0.4, -0.2) is 24.9 Å². The number of aliphatic hydroxyl groups is 1. The summed E-state index contributed by atoms with van der Waals surface area (Å²) in [7, 11) is 1.55. The number of nitrogens with one attached hydrogen (secondary N) is 1. The number of halogens is 3. The molecule has 7 heteroatoms. The third-order valence-electron chi connectivity index (χ3n) is 3.43. The molecule has 0 spiro atoms. The highest BCUT2D eigenvalue weighted by Crippen LogP contribution is 2.30. The lowest BCUT2D eigenvalue weighted by atomic mass is 10.2. The molecule has 0 fully saturated rings. The van der Waals surface area contributed by atoms with E-state index in [1.54, 1.807) is 32.2 Å². The van der Waals surface area contributed by atoms with Crippen LogP contribution in [0.5, 0.6) is 11.5 Å². The second kappa shape index (κ2) is 10.5. The highest BCUT2D eigenvalue weighted by atomic mass is 35.5. The number of hydrogen-bond donors (Lipinski definition) is 2. The SMILES string of the molecule is COc1cc(CNCC(C)O)ccc1OCc1c(F)cccc1Cl.Cl. The minimum atomic E-state index is -0.403. The fourth-order valence-electron chi connectivity index (χ4n) is 2.19. The molecule has 0 saturated carbocycles. The van der Waals surface area contributed by atoms with Gasteiger partial charge in [-0.3, -0.25) is 0 Å². The molecule has 25 heavy (non-hydrogen) atoms. The molecule has 0 amide bonds. The Morgan fingerprint density at radius 3 is 2.64 bits per heavy atom. The molecule has 4 nitrogen and oxygen atoms in total. The van der Waals surface area contributed by atoms with Crippen LogP contribution in [0.2, 0.25) is 5.02 Å². The molecule has 2 rings (SSSR count). The average Bonchev–Trinajstić information content (AvgIpc) is 2.54. The molecule has 0 aliphatic heterocycles. The zero-order chi connectivity index (χ0) is 17.5. The summed E-state index contributed by atoms with van der Waals surface area (Å²) in [5.74, 6) is 0.662. The maximum absolute atomic E-state index is 13.8. The van der Waals surface area contributed by atoms with Crippen LogP contribution >= 0.6 is 24.0 Å². The van der Waals surface area contributed by atoms with Crippen molar-refractivity contribution in [3.63, 3.8) is 0 Å². The van der Waals surface area contributed by atoms with Gasteiger partial charge in [-0.05, 0) is 36.8 Å². The van der Waals surface area contributed by atoms with Gasteiger partial charge in [0, 0.05) is 18.7 Å². The number of rotatable bonds is 8. The zero-order valence-corrected chi connectivity index (χ0v) is 15.7. The molecule has 1 atom stereocenters. The van der Waals surface area contributed by atoms with Gasteiger partial charge >= 0.3 is 0 Å². The van der Waals surface area contributed by atoms with Crippen molar-refractivity contribution < 1.29 is 19.0 Å². The second-order valence-corrected chi connectivity index (χ2v) is 5.86. The Balaban J connectivity index is 0.00000312. The summed E-state index contributed by atoms with van der Waals surface area (Å²) < 4.78 is 24.8. The van der Waals surface area contributed by atoms with E-state index in [0.29, 0.717) is 35.2 Å². The molecule has 2 N–H and O–H groups in total. The molecule has 138 valence electrons. The van der Waals surface area contributed by atoms with Gasteiger partial charge in [0.25, 0.3) is 0 Å². The summed E-state index contributed by atoms with van der Waals surface area (Å²) in [5, 5.41) is 12.7. The predicted octanol–water partition coefficient (Wildman–Crippen LogP) is 3.96. The predicted molar refractivity (Wildman–Crippen MR) is 99.4 cm³/mol. The third-order valence-corrected chi connectivity index (χ3v) is 3.78. The van der Waals surface area contributed by atoms with Crippen molar-refractivity contribution in [3.05, 3.63) is 58.4 Å². The van der Waals surface area contributed by atoms with E-state index in [9.17, 15) is 9.50 Å². The molecule has 1 unspecified atom stereocenters. The average molecular weight is 390 g/mol. The highest BCUT2D eigenvalue weighted by Gasteiger charge is 2.11. The van der Waals surface area contributed by atoms with Crippen LogP contribution in [0.25, 0.3) is 0 Å². The normalized spacial score (nSPS) is 11.6. The van der Waals surface area contributed by atoms with Crippen molar-refractivity contribution in [3.8, 4) is 11.5 Å². The lowest BCUT2D eigenvalue weighted by Gasteiger charge is -2.14. The quantitative estimate of drug-likeness (QED) is 0.717. The van der Waals surface area contributed by atoms with Crippen LogP contribution < -0.4 is 14.8 Å². The number of hydrogen-bond acceptors (Lipinski definition) is 4. The molecular formula is C18H22Cl2FNO3. The summed E-state index contributed by atoms with van der Waals surface area (Å²) >= 11 is 6.00. The van der Waals surface area contributed by atoms with Gasteiger partial charge in [0.15, 0.2) is 11.5 Å². The second-order valence-electron chi connectivity index (χ2n) is 5.45. The summed E-state index contributed by atoms with van der Waals surface area (Å²) in [6.07, 6.45) is -0.403. The van der Waals surface area contributed by atoms with Gasteiger partial charge in [0.1, 0.15) is 12.4 Å². The van der Waals surface area contributed by atoms with Crippen molar-refractivity contribution in [2.45, 2.75) is 26.2 Å². The lowest BCUT2D eigenvalue weighted by molar-refractivity contribution is 0.191. The van der Waals surface area contributed by atoms with Gasteiger partial charge in [-0.1, -0.05) is 23.7 Å². The van der Waals surface area contributed by atoms with E-state index in [2.05, 4.69) is 5.32 Å². The summed E-state index contributed by atoms with van der Waals surface area (Å²) in [5.41, 5.74) is 1.30. The van der Waals surface area contributed by atoms with E-state index < -0.39 is 11.9 Å². The maximum Gasteiger partial charge on any atom is 0.161 e. The van der Waals surface area contributed by atoms with Crippen molar-refractivity contribution >= 4 is 24.0 Å². The Hall–Kier alpha value is -1.53. The van der Waals surface area contributed by atoms with E-state index in [4.69, 9.17) is 21.1 Å². The van der Waals surface area contributed by atoms with Gasteiger partial charge in [0.2, 0.25) is 0 Å². The van der Waals surface area contributed by atoms with Gasteiger partial charge in [-0.15, -0.1) is 12.4 Å². The van der Waals surface area contributed by atoms with E-state index >= 15 is 0 Å². The van der Waals surface area contributed by atoms with E-state index in [1.165, 1.54) is 6.07 Å². The molecule has 0 saturated heterocycles. The smallest absolute Gasteiger partial charge is 0.161 e. The Kier molecular flexibility index (Phi) is 9.00. The van der Waals surface area contributed by atoms with Gasteiger partial charge in [0.05, 0.1) is 18.2 Å². The fraction of sp³-hybridized carbons (Fsp3) is 0.333. The minimum absolute atomic E-state index is 0. The molecule has 0 bridgehead atoms. The van der Waals surface area contributed by atoms with Crippen LogP contribution in [-0.2, 0) is 13.2 Å². The molecular weight excluding hydrogens is 368 g/mol. The standard InChI is InChI=1S/C18H21ClFNO3.ClH/c1-12(22)9-21-10-13-6-7-17(18(8-13)23-2)24-11-14-15(19)4-3-5-16(14)20;/h3-8,12,21-22H,9-11H2,1-2H3;1H. The minimum Gasteiger partial charge on any atom is -0.493 e. The van der Waals surface area contributed by atoms with Crippen LogP contribution in [0.15, 0.2) is 36.4 Å². The van der Waals surface area contributed by atoms with Crippen LogP contribution in [0, 0.1) is 5.82 Å². The summed E-state index contributed by atoms with van der Waals surface area (Å²) in [4.78, 5) is 0. The van der Waals surface area contributed by atoms with E-state index in [-0.39, 0.29) is 19.0 Å². The maximum atomic E-state index is 13.8. The number of aliphatic hydroxyl groups excluding tert-OH is 1.